The minimum absolute atomic E-state index is 0.0422. The smallest absolute Gasteiger partial charge is 0.0735 e. The molecule has 0 aliphatic carbocycles. The number of nitriles is 1. The van der Waals surface area contributed by atoms with Gasteiger partial charge in [0.15, 0.2) is 0 Å². The summed E-state index contributed by atoms with van der Waals surface area (Å²) in [5.41, 5.74) is 0.918. The van der Waals surface area contributed by atoms with E-state index in [4.69, 9.17) is 10.4 Å². The Labute approximate surface area is 71.3 Å². The van der Waals surface area contributed by atoms with E-state index in [1.165, 1.54) is 0 Å². The van der Waals surface area contributed by atoms with Gasteiger partial charge in [0.2, 0.25) is 0 Å². The van der Waals surface area contributed by atoms with E-state index in [9.17, 15) is 0 Å². The Kier molecular flexibility index (Phi) is 3.24. The molecule has 1 aromatic heterocycles. The van der Waals surface area contributed by atoms with Crippen LogP contribution in [0.15, 0.2) is 24.5 Å². The van der Waals surface area contributed by atoms with Gasteiger partial charge in [-0.15, -0.1) is 0 Å². The number of pyridine rings is 1. The van der Waals surface area contributed by atoms with Crippen LogP contribution in [0.2, 0.25) is 0 Å². The van der Waals surface area contributed by atoms with Gasteiger partial charge in [0.1, 0.15) is 0 Å². The summed E-state index contributed by atoms with van der Waals surface area (Å²) in [4.78, 5) is 3.85. The molecule has 1 rings (SSSR count). The zero-order valence-electron chi connectivity index (χ0n) is 6.64. The number of hydrogen-bond acceptors (Lipinski definition) is 3. The second-order valence-corrected chi connectivity index (χ2v) is 2.47. The number of nitrogens with zero attached hydrogens (tertiary/aromatic N) is 2. The van der Waals surface area contributed by atoms with Gasteiger partial charge in [-0.3, -0.25) is 4.98 Å². The van der Waals surface area contributed by atoms with Crippen molar-refractivity contribution in [1.82, 2.24) is 4.98 Å². The van der Waals surface area contributed by atoms with Gasteiger partial charge in [0.25, 0.3) is 0 Å². The van der Waals surface area contributed by atoms with Crippen LogP contribution < -0.4 is 0 Å². The van der Waals surface area contributed by atoms with Gasteiger partial charge < -0.3 is 5.11 Å². The lowest BCUT2D eigenvalue weighted by atomic mass is 9.99. The van der Waals surface area contributed by atoms with E-state index in [-0.39, 0.29) is 12.5 Å². The van der Waals surface area contributed by atoms with Gasteiger partial charge in [0, 0.05) is 19.0 Å². The quantitative estimate of drug-likeness (QED) is 0.723. The van der Waals surface area contributed by atoms with Gasteiger partial charge in [-0.05, 0) is 24.1 Å². The van der Waals surface area contributed by atoms with Crippen molar-refractivity contribution < 1.29 is 5.11 Å². The van der Waals surface area contributed by atoms with Crippen LogP contribution in [0.25, 0.3) is 0 Å². The molecule has 0 saturated carbocycles. The van der Waals surface area contributed by atoms with Crippen LogP contribution in [0.3, 0.4) is 0 Å². The standard InChI is InChI=1S/C9H10N2O/c10-7-9(3-6-12)8-1-4-11-5-2-8/h1-2,4-5,9,12H,3,6H2. The molecule has 0 spiro atoms. The van der Waals surface area contributed by atoms with Crippen LogP contribution in [0.5, 0.6) is 0 Å². The Balaban J connectivity index is 2.75. The van der Waals surface area contributed by atoms with Crippen molar-refractivity contribution in [2.75, 3.05) is 6.61 Å². The first kappa shape index (κ1) is 8.69. The molecule has 0 aromatic carbocycles. The van der Waals surface area contributed by atoms with E-state index in [0.717, 1.165) is 5.56 Å². The zero-order valence-corrected chi connectivity index (χ0v) is 6.64. The molecule has 0 bridgehead atoms. The maximum atomic E-state index is 8.73. The lowest BCUT2D eigenvalue weighted by Crippen LogP contribution is -1.98. The molecule has 62 valence electrons. The molecule has 0 amide bonds. The number of aliphatic hydroxyl groups is 1. The first-order valence-corrected chi connectivity index (χ1v) is 3.79. The van der Waals surface area contributed by atoms with Crippen molar-refractivity contribution >= 4 is 0 Å². The molecule has 1 atom stereocenters. The van der Waals surface area contributed by atoms with Crippen molar-refractivity contribution in [3.05, 3.63) is 30.1 Å². The number of hydrogen-bond donors (Lipinski definition) is 1. The van der Waals surface area contributed by atoms with E-state index < -0.39 is 0 Å². The summed E-state index contributed by atoms with van der Waals surface area (Å²) in [6, 6.07) is 5.72. The monoisotopic (exact) mass is 162 g/mol. The predicted octanol–water partition coefficient (Wildman–Crippen LogP) is 1.07. The molecule has 0 radical (unpaired) electrons. The summed E-state index contributed by atoms with van der Waals surface area (Å²) in [7, 11) is 0. The average molecular weight is 162 g/mol. The van der Waals surface area contributed by atoms with Crippen molar-refractivity contribution in [3.8, 4) is 6.07 Å². The maximum absolute atomic E-state index is 8.73. The highest BCUT2D eigenvalue weighted by atomic mass is 16.3. The Morgan fingerprint density at radius 2 is 2.17 bits per heavy atom. The summed E-state index contributed by atoms with van der Waals surface area (Å²) in [5, 5.41) is 17.4. The summed E-state index contributed by atoms with van der Waals surface area (Å²) < 4.78 is 0. The predicted molar refractivity (Wildman–Crippen MR) is 44.3 cm³/mol. The molecule has 0 saturated heterocycles. The minimum Gasteiger partial charge on any atom is -0.396 e. The van der Waals surface area contributed by atoms with Crippen LogP contribution in [-0.4, -0.2) is 16.7 Å². The average Bonchev–Trinajstić information content (AvgIpc) is 2.15. The topological polar surface area (TPSA) is 56.9 Å². The van der Waals surface area contributed by atoms with Gasteiger partial charge in [-0.2, -0.15) is 5.26 Å². The van der Waals surface area contributed by atoms with E-state index in [0.29, 0.717) is 6.42 Å². The second-order valence-electron chi connectivity index (χ2n) is 2.47. The molecule has 3 nitrogen and oxygen atoms in total. The Bertz CT molecular complexity index is 266. The number of aliphatic hydroxyl groups excluding tert-OH is 1. The first-order chi connectivity index (χ1) is 5.88. The van der Waals surface area contributed by atoms with E-state index in [1.807, 2.05) is 0 Å². The van der Waals surface area contributed by atoms with Gasteiger partial charge >= 0.3 is 0 Å². The number of aromatic nitrogens is 1. The van der Waals surface area contributed by atoms with Crippen LogP contribution >= 0.6 is 0 Å². The molecule has 0 fully saturated rings. The fraction of sp³-hybridized carbons (Fsp3) is 0.333. The highest BCUT2D eigenvalue weighted by molar-refractivity contribution is 5.21. The van der Waals surface area contributed by atoms with E-state index in [2.05, 4.69) is 11.1 Å². The summed E-state index contributed by atoms with van der Waals surface area (Å²) in [6.07, 6.45) is 3.79. The maximum Gasteiger partial charge on any atom is 0.0735 e. The molecule has 1 aromatic rings. The van der Waals surface area contributed by atoms with Crippen LogP contribution in [-0.2, 0) is 0 Å². The summed E-state index contributed by atoms with van der Waals surface area (Å²) in [6.45, 7) is 0.0422. The van der Waals surface area contributed by atoms with E-state index in [1.54, 1.807) is 24.5 Å². The van der Waals surface area contributed by atoms with Crippen LogP contribution in [0, 0.1) is 11.3 Å². The molecule has 0 aliphatic heterocycles. The van der Waals surface area contributed by atoms with E-state index >= 15 is 0 Å². The highest BCUT2D eigenvalue weighted by Crippen LogP contribution is 2.16. The Hall–Kier alpha value is -1.40. The molecule has 3 heteroatoms. The normalized spacial score (nSPS) is 12.0. The van der Waals surface area contributed by atoms with Crippen molar-refractivity contribution in [1.29, 1.82) is 5.26 Å². The molecule has 1 N–H and O–H groups in total. The zero-order chi connectivity index (χ0) is 8.81. The fourth-order valence-corrected chi connectivity index (χ4v) is 1.03. The third-order valence-corrected chi connectivity index (χ3v) is 1.68. The second kappa shape index (κ2) is 4.47. The van der Waals surface area contributed by atoms with Gasteiger partial charge in [-0.1, -0.05) is 0 Å². The van der Waals surface area contributed by atoms with Crippen molar-refractivity contribution in [2.24, 2.45) is 0 Å². The molecular formula is C9H10N2O. The Morgan fingerprint density at radius 3 is 2.67 bits per heavy atom. The lowest BCUT2D eigenvalue weighted by molar-refractivity contribution is 0.283. The van der Waals surface area contributed by atoms with Gasteiger partial charge in [0.05, 0.1) is 12.0 Å². The molecule has 1 unspecified atom stereocenters. The number of rotatable bonds is 3. The largest absolute Gasteiger partial charge is 0.396 e. The molecule has 0 aliphatic rings. The lowest BCUT2D eigenvalue weighted by Gasteiger charge is -2.05. The van der Waals surface area contributed by atoms with Crippen molar-refractivity contribution in [2.45, 2.75) is 12.3 Å². The highest BCUT2D eigenvalue weighted by Gasteiger charge is 2.08. The fourth-order valence-electron chi connectivity index (χ4n) is 1.03. The minimum atomic E-state index is -0.210. The third kappa shape index (κ3) is 2.04. The first-order valence-electron chi connectivity index (χ1n) is 3.79. The molecule has 12 heavy (non-hydrogen) atoms. The van der Waals surface area contributed by atoms with Crippen LogP contribution in [0.4, 0.5) is 0 Å². The third-order valence-electron chi connectivity index (χ3n) is 1.68. The summed E-state index contributed by atoms with van der Waals surface area (Å²) in [5.74, 6) is -0.210. The SMILES string of the molecule is N#CC(CCO)c1ccncc1. The summed E-state index contributed by atoms with van der Waals surface area (Å²) >= 11 is 0. The van der Waals surface area contributed by atoms with Gasteiger partial charge in [-0.25, -0.2) is 0 Å². The van der Waals surface area contributed by atoms with Crippen molar-refractivity contribution in [3.63, 3.8) is 0 Å². The molecular weight excluding hydrogens is 152 g/mol. The molecule has 1 heterocycles. The Morgan fingerprint density at radius 1 is 1.50 bits per heavy atom. The van der Waals surface area contributed by atoms with Crippen LogP contribution in [0.1, 0.15) is 17.9 Å².